The molecule has 2 N–H and O–H groups in total. The molecule has 0 atom stereocenters. The Bertz CT molecular complexity index is 795. The van der Waals surface area contributed by atoms with Gasteiger partial charge in [0.25, 0.3) is 0 Å². The summed E-state index contributed by atoms with van der Waals surface area (Å²) in [6.45, 7) is 1.58. The van der Waals surface area contributed by atoms with Crippen molar-refractivity contribution in [3.63, 3.8) is 0 Å². The minimum absolute atomic E-state index is 0.0396. The second kappa shape index (κ2) is 4.63. The van der Waals surface area contributed by atoms with Crippen LogP contribution < -0.4 is 4.90 Å². The van der Waals surface area contributed by atoms with Crippen molar-refractivity contribution in [1.82, 2.24) is 4.98 Å². The van der Waals surface area contributed by atoms with Gasteiger partial charge in [0.1, 0.15) is 0 Å². The average Bonchev–Trinajstić information content (AvgIpc) is 2.92. The van der Waals surface area contributed by atoms with E-state index in [1.165, 1.54) is 4.70 Å². The van der Waals surface area contributed by atoms with Crippen LogP contribution in [-0.2, 0) is 13.0 Å². The average molecular weight is 298 g/mol. The van der Waals surface area contributed by atoms with E-state index in [9.17, 15) is 10.2 Å². The molecule has 0 bridgehead atoms. The third kappa shape index (κ3) is 2.10. The SMILES string of the molecule is Oc1cc2c(cc1O)CN(c1nc3ccccc3s1)CC2. The maximum absolute atomic E-state index is 9.66. The Labute approximate surface area is 125 Å². The molecule has 1 aromatic heterocycles. The fraction of sp³-hybridized carbons (Fsp3) is 0.188. The summed E-state index contributed by atoms with van der Waals surface area (Å²) in [5.74, 6) is -0.0953. The molecule has 0 saturated carbocycles. The van der Waals surface area contributed by atoms with Gasteiger partial charge in [-0.25, -0.2) is 4.98 Å². The van der Waals surface area contributed by atoms with Gasteiger partial charge in [0, 0.05) is 13.1 Å². The molecule has 0 fully saturated rings. The molecule has 5 heteroatoms. The van der Waals surface area contributed by atoms with Crippen molar-refractivity contribution in [2.45, 2.75) is 13.0 Å². The Morgan fingerprint density at radius 3 is 2.62 bits per heavy atom. The number of aromatic hydroxyl groups is 2. The van der Waals surface area contributed by atoms with E-state index in [1.807, 2.05) is 18.2 Å². The predicted molar refractivity (Wildman–Crippen MR) is 84.1 cm³/mol. The highest BCUT2D eigenvalue weighted by Gasteiger charge is 2.21. The molecule has 2 heterocycles. The zero-order chi connectivity index (χ0) is 14.4. The maximum Gasteiger partial charge on any atom is 0.186 e. The number of phenolic OH excluding ortho intramolecular Hbond substituents is 2. The third-order valence-electron chi connectivity index (χ3n) is 3.86. The van der Waals surface area contributed by atoms with Crippen LogP contribution in [0.5, 0.6) is 11.5 Å². The lowest BCUT2D eigenvalue weighted by molar-refractivity contribution is 0.402. The lowest BCUT2D eigenvalue weighted by atomic mass is 9.99. The lowest BCUT2D eigenvalue weighted by Crippen LogP contribution is -2.30. The van der Waals surface area contributed by atoms with Crippen LogP contribution in [0.15, 0.2) is 36.4 Å². The van der Waals surface area contributed by atoms with Gasteiger partial charge in [0.2, 0.25) is 0 Å². The number of hydrogen-bond donors (Lipinski definition) is 2. The van der Waals surface area contributed by atoms with Crippen molar-refractivity contribution in [3.8, 4) is 11.5 Å². The molecular weight excluding hydrogens is 284 g/mol. The van der Waals surface area contributed by atoms with E-state index >= 15 is 0 Å². The molecule has 0 unspecified atom stereocenters. The van der Waals surface area contributed by atoms with Crippen LogP contribution in [0.25, 0.3) is 10.2 Å². The number of benzene rings is 2. The van der Waals surface area contributed by atoms with Crippen molar-refractivity contribution in [3.05, 3.63) is 47.5 Å². The van der Waals surface area contributed by atoms with Crippen LogP contribution in [0.4, 0.5) is 5.13 Å². The number of hydrogen-bond acceptors (Lipinski definition) is 5. The predicted octanol–water partition coefficient (Wildman–Crippen LogP) is 3.27. The van der Waals surface area contributed by atoms with Crippen molar-refractivity contribution in [1.29, 1.82) is 0 Å². The number of fused-ring (bicyclic) bond motifs is 2. The molecule has 0 amide bonds. The molecule has 0 radical (unpaired) electrons. The van der Waals surface area contributed by atoms with Gasteiger partial charge in [0.05, 0.1) is 10.2 Å². The van der Waals surface area contributed by atoms with E-state index in [0.29, 0.717) is 6.54 Å². The molecular formula is C16H14N2O2S. The largest absolute Gasteiger partial charge is 0.504 e. The number of phenols is 2. The van der Waals surface area contributed by atoms with E-state index in [2.05, 4.69) is 16.0 Å². The summed E-state index contributed by atoms with van der Waals surface area (Å²) in [5, 5.41) is 20.3. The summed E-state index contributed by atoms with van der Waals surface area (Å²) >= 11 is 1.69. The number of anilines is 1. The molecule has 4 nitrogen and oxygen atoms in total. The van der Waals surface area contributed by atoms with Crippen LogP contribution in [0.1, 0.15) is 11.1 Å². The van der Waals surface area contributed by atoms with Crippen molar-refractivity contribution < 1.29 is 10.2 Å². The monoisotopic (exact) mass is 298 g/mol. The number of aromatic nitrogens is 1. The van der Waals surface area contributed by atoms with E-state index in [4.69, 9.17) is 0 Å². The van der Waals surface area contributed by atoms with Gasteiger partial charge in [-0.3, -0.25) is 0 Å². The van der Waals surface area contributed by atoms with E-state index < -0.39 is 0 Å². The lowest BCUT2D eigenvalue weighted by Gasteiger charge is -2.28. The number of para-hydroxylation sites is 1. The summed E-state index contributed by atoms with van der Waals surface area (Å²) < 4.78 is 1.19. The summed E-state index contributed by atoms with van der Waals surface area (Å²) in [4.78, 5) is 6.91. The van der Waals surface area contributed by atoms with Gasteiger partial charge in [-0.1, -0.05) is 23.5 Å². The third-order valence-corrected chi connectivity index (χ3v) is 4.96. The highest BCUT2D eigenvalue weighted by atomic mass is 32.1. The Hall–Kier alpha value is -2.27. The first-order chi connectivity index (χ1) is 10.2. The van der Waals surface area contributed by atoms with Gasteiger partial charge in [-0.15, -0.1) is 0 Å². The van der Waals surface area contributed by atoms with E-state index in [-0.39, 0.29) is 11.5 Å². The molecule has 1 aliphatic rings. The first-order valence-corrected chi connectivity index (χ1v) is 7.66. The first kappa shape index (κ1) is 12.5. The quantitative estimate of drug-likeness (QED) is 0.677. The highest BCUT2D eigenvalue weighted by Crippen LogP contribution is 2.35. The van der Waals surface area contributed by atoms with Crippen molar-refractivity contribution >= 4 is 26.7 Å². The van der Waals surface area contributed by atoms with Gasteiger partial charge in [-0.05, 0) is 41.8 Å². The number of rotatable bonds is 1. The second-order valence-electron chi connectivity index (χ2n) is 5.25. The molecule has 2 aromatic carbocycles. The molecule has 0 aliphatic carbocycles. The molecule has 4 rings (SSSR count). The van der Waals surface area contributed by atoms with E-state index in [1.54, 1.807) is 23.5 Å². The zero-order valence-corrected chi connectivity index (χ0v) is 12.1. The molecule has 0 saturated heterocycles. The Kier molecular flexibility index (Phi) is 2.75. The minimum Gasteiger partial charge on any atom is -0.504 e. The van der Waals surface area contributed by atoms with Crippen molar-refractivity contribution in [2.75, 3.05) is 11.4 Å². The molecule has 106 valence electrons. The number of nitrogens with zero attached hydrogens (tertiary/aromatic N) is 2. The Balaban J connectivity index is 1.70. The first-order valence-electron chi connectivity index (χ1n) is 6.85. The molecule has 21 heavy (non-hydrogen) atoms. The standard InChI is InChI=1S/C16H14N2O2S/c19-13-7-10-5-6-18(9-11(10)8-14(13)20)16-17-12-3-1-2-4-15(12)21-16/h1-4,7-8,19-20H,5-6,9H2. The van der Waals surface area contributed by atoms with Gasteiger partial charge >= 0.3 is 0 Å². The summed E-state index contributed by atoms with van der Waals surface area (Å²) in [6, 6.07) is 11.5. The molecule has 0 spiro atoms. The fourth-order valence-electron chi connectivity index (χ4n) is 2.74. The van der Waals surface area contributed by atoms with E-state index in [0.717, 1.165) is 34.7 Å². The fourth-order valence-corrected chi connectivity index (χ4v) is 3.73. The molecule has 1 aliphatic heterocycles. The van der Waals surface area contributed by atoms with Crippen LogP contribution in [0.2, 0.25) is 0 Å². The maximum atomic E-state index is 9.66. The zero-order valence-electron chi connectivity index (χ0n) is 11.3. The summed E-state index contributed by atoms with van der Waals surface area (Å²) in [7, 11) is 0. The smallest absolute Gasteiger partial charge is 0.186 e. The van der Waals surface area contributed by atoms with Crippen LogP contribution in [0, 0.1) is 0 Å². The summed E-state index contributed by atoms with van der Waals surface area (Å²) in [6.07, 6.45) is 0.846. The van der Waals surface area contributed by atoms with Crippen LogP contribution >= 0.6 is 11.3 Å². The van der Waals surface area contributed by atoms with Gasteiger partial charge in [-0.2, -0.15) is 0 Å². The normalized spacial score (nSPS) is 14.4. The number of thiazole rings is 1. The van der Waals surface area contributed by atoms with Crippen molar-refractivity contribution in [2.24, 2.45) is 0 Å². The highest BCUT2D eigenvalue weighted by molar-refractivity contribution is 7.22. The second-order valence-corrected chi connectivity index (χ2v) is 6.25. The summed E-state index contributed by atoms with van der Waals surface area (Å²) in [5.41, 5.74) is 3.18. The Morgan fingerprint density at radius 1 is 1.05 bits per heavy atom. The molecule has 3 aromatic rings. The minimum atomic E-state index is -0.0556. The van der Waals surface area contributed by atoms with Crippen LogP contribution in [-0.4, -0.2) is 21.7 Å². The van der Waals surface area contributed by atoms with Gasteiger partial charge < -0.3 is 15.1 Å². The topological polar surface area (TPSA) is 56.6 Å². The van der Waals surface area contributed by atoms with Crippen LogP contribution in [0.3, 0.4) is 0 Å². The van der Waals surface area contributed by atoms with Gasteiger partial charge in [0.15, 0.2) is 16.6 Å². The Morgan fingerprint density at radius 2 is 1.81 bits per heavy atom.